The molecule has 3 N–H and O–H groups in total. The largest absolute Gasteiger partial charge is 0.484 e. The molecule has 0 radical (unpaired) electrons. The van der Waals surface area contributed by atoms with Crippen molar-refractivity contribution < 1.29 is 14.3 Å². The summed E-state index contributed by atoms with van der Waals surface area (Å²) in [5, 5.41) is 8.81. The minimum atomic E-state index is -0.0695. The highest BCUT2D eigenvalue weighted by atomic mass is 35.5. The van der Waals surface area contributed by atoms with Gasteiger partial charge in [-0.1, -0.05) is 19.1 Å². The number of carbonyl (C=O) groups excluding carboxylic acids is 2. The van der Waals surface area contributed by atoms with Crippen LogP contribution >= 0.6 is 12.4 Å². The predicted molar refractivity (Wildman–Crippen MR) is 100 cm³/mol. The summed E-state index contributed by atoms with van der Waals surface area (Å²) in [7, 11) is 1.84. The van der Waals surface area contributed by atoms with Gasteiger partial charge in [0.2, 0.25) is 5.91 Å². The van der Waals surface area contributed by atoms with Crippen molar-refractivity contribution in [3.05, 3.63) is 29.8 Å². The molecule has 1 aromatic carbocycles. The molecule has 0 aliphatic heterocycles. The molecule has 0 heterocycles. The fourth-order valence-electron chi connectivity index (χ4n) is 2.30. The first-order valence-electron chi connectivity index (χ1n) is 8.52. The van der Waals surface area contributed by atoms with Crippen molar-refractivity contribution in [3.63, 3.8) is 0 Å². The van der Waals surface area contributed by atoms with E-state index < -0.39 is 0 Å². The number of nitrogens with one attached hydrogen (secondary N) is 3. The summed E-state index contributed by atoms with van der Waals surface area (Å²) >= 11 is 0. The zero-order valence-electron chi connectivity index (χ0n) is 14.8. The number of amides is 2. The maximum absolute atomic E-state index is 11.8. The summed E-state index contributed by atoms with van der Waals surface area (Å²) < 4.78 is 5.46. The van der Waals surface area contributed by atoms with Gasteiger partial charge in [-0.15, -0.1) is 12.4 Å². The number of ether oxygens (including phenoxy) is 1. The molecule has 2 amide bonds. The van der Waals surface area contributed by atoms with E-state index >= 15 is 0 Å². The maximum Gasteiger partial charge on any atom is 0.258 e. The summed E-state index contributed by atoms with van der Waals surface area (Å²) in [4.78, 5) is 23.4. The molecule has 25 heavy (non-hydrogen) atoms. The molecule has 0 saturated heterocycles. The fraction of sp³-hybridized carbons (Fsp3) is 0.556. The van der Waals surface area contributed by atoms with Crippen LogP contribution < -0.4 is 20.7 Å². The molecular weight excluding hydrogens is 342 g/mol. The third-order valence-corrected chi connectivity index (χ3v) is 3.91. The smallest absolute Gasteiger partial charge is 0.258 e. The normalized spacial score (nSPS) is 14.2. The average molecular weight is 370 g/mol. The van der Waals surface area contributed by atoms with E-state index in [1.807, 2.05) is 38.2 Å². The van der Waals surface area contributed by atoms with Crippen molar-refractivity contribution in [2.75, 3.05) is 26.7 Å². The molecule has 1 atom stereocenters. The lowest BCUT2D eigenvalue weighted by molar-refractivity contribution is -0.124. The van der Waals surface area contributed by atoms with Gasteiger partial charge in [0.25, 0.3) is 5.91 Å². The van der Waals surface area contributed by atoms with Crippen LogP contribution in [0.3, 0.4) is 0 Å². The Morgan fingerprint density at radius 1 is 1.24 bits per heavy atom. The number of halogens is 1. The molecule has 1 unspecified atom stereocenters. The van der Waals surface area contributed by atoms with Crippen molar-refractivity contribution in [2.24, 2.45) is 5.92 Å². The Bertz CT molecular complexity index is 547. The van der Waals surface area contributed by atoms with Crippen molar-refractivity contribution in [3.8, 4) is 5.75 Å². The van der Waals surface area contributed by atoms with Crippen LogP contribution in [0.15, 0.2) is 24.3 Å². The van der Waals surface area contributed by atoms with Crippen LogP contribution in [-0.2, 0) is 16.0 Å². The lowest BCUT2D eigenvalue weighted by atomic mass is 10.1. The first-order chi connectivity index (χ1) is 11.6. The van der Waals surface area contributed by atoms with Gasteiger partial charge in [0.05, 0.1) is 0 Å². The van der Waals surface area contributed by atoms with Gasteiger partial charge < -0.3 is 20.7 Å². The Hall–Kier alpha value is -1.79. The highest BCUT2D eigenvalue weighted by molar-refractivity contribution is 5.85. The standard InChI is InChI=1S/C18H27N3O3.ClH/c1-13(11-19-2)18(23)20-10-9-14-3-7-16(8-4-14)24-12-17(22)21-15-5-6-15;/h3-4,7-8,13,15,19H,5-6,9-12H2,1-2H3,(H,20,23)(H,21,22);1H. The Kier molecular flexibility index (Phi) is 9.31. The minimum Gasteiger partial charge on any atom is -0.484 e. The molecular formula is C18H28ClN3O3. The quantitative estimate of drug-likeness (QED) is 0.580. The van der Waals surface area contributed by atoms with E-state index in [9.17, 15) is 9.59 Å². The van der Waals surface area contributed by atoms with Gasteiger partial charge in [0.15, 0.2) is 6.61 Å². The molecule has 1 saturated carbocycles. The van der Waals surface area contributed by atoms with Gasteiger partial charge >= 0.3 is 0 Å². The maximum atomic E-state index is 11.8. The summed E-state index contributed by atoms with van der Waals surface area (Å²) in [6, 6.07) is 7.97. The van der Waals surface area contributed by atoms with E-state index in [2.05, 4.69) is 16.0 Å². The summed E-state index contributed by atoms with van der Waals surface area (Å²) in [6.07, 6.45) is 2.91. The van der Waals surface area contributed by atoms with Crippen LogP contribution in [0.1, 0.15) is 25.3 Å². The Labute approximate surface area is 155 Å². The number of rotatable bonds is 10. The Balaban J connectivity index is 0.00000312. The molecule has 0 spiro atoms. The molecule has 140 valence electrons. The highest BCUT2D eigenvalue weighted by Gasteiger charge is 2.23. The molecule has 2 rings (SSSR count). The molecule has 1 fully saturated rings. The fourth-order valence-corrected chi connectivity index (χ4v) is 2.30. The van der Waals surface area contributed by atoms with Crippen LogP contribution in [0.5, 0.6) is 5.75 Å². The number of hydrogen-bond donors (Lipinski definition) is 3. The van der Waals surface area contributed by atoms with E-state index in [0.717, 1.165) is 24.8 Å². The highest BCUT2D eigenvalue weighted by Crippen LogP contribution is 2.18. The van der Waals surface area contributed by atoms with E-state index in [1.165, 1.54) is 0 Å². The lowest BCUT2D eigenvalue weighted by Gasteiger charge is -2.11. The molecule has 1 aromatic rings. The van der Waals surface area contributed by atoms with E-state index in [-0.39, 0.29) is 36.7 Å². The van der Waals surface area contributed by atoms with Crippen LogP contribution in [-0.4, -0.2) is 44.6 Å². The zero-order chi connectivity index (χ0) is 17.4. The molecule has 7 heteroatoms. The molecule has 0 aromatic heterocycles. The predicted octanol–water partition coefficient (Wildman–Crippen LogP) is 1.28. The van der Waals surface area contributed by atoms with Gasteiger partial charge in [-0.2, -0.15) is 0 Å². The number of benzene rings is 1. The second-order valence-corrected chi connectivity index (χ2v) is 6.27. The summed E-state index contributed by atoms with van der Waals surface area (Å²) in [6.45, 7) is 3.23. The number of hydrogen-bond acceptors (Lipinski definition) is 4. The lowest BCUT2D eigenvalue weighted by Crippen LogP contribution is -2.35. The van der Waals surface area contributed by atoms with Crippen LogP contribution in [0.25, 0.3) is 0 Å². The zero-order valence-corrected chi connectivity index (χ0v) is 15.7. The van der Waals surface area contributed by atoms with Crippen molar-refractivity contribution in [1.29, 1.82) is 0 Å². The van der Waals surface area contributed by atoms with Crippen molar-refractivity contribution in [2.45, 2.75) is 32.2 Å². The molecule has 0 bridgehead atoms. The van der Waals surface area contributed by atoms with Gasteiger partial charge in [-0.25, -0.2) is 0 Å². The van der Waals surface area contributed by atoms with Gasteiger partial charge in [0, 0.05) is 25.0 Å². The Morgan fingerprint density at radius 3 is 2.52 bits per heavy atom. The van der Waals surface area contributed by atoms with Crippen LogP contribution in [0, 0.1) is 5.92 Å². The SMILES string of the molecule is CNCC(C)C(=O)NCCc1ccc(OCC(=O)NC2CC2)cc1.Cl. The molecule has 1 aliphatic carbocycles. The third kappa shape index (κ3) is 8.23. The first kappa shape index (κ1) is 21.3. The molecule has 6 nitrogen and oxygen atoms in total. The van der Waals surface area contributed by atoms with E-state index in [0.29, 0.717) is 24.9 Å². The summed E-state index contributed by atoms with van der Waals surface area (Å²) in [5.74, 6) is 0.634. The second-order valence-electron chi connectivity index (χ2n) is 6.27. The summed E-state index contributed by atoms with van der Waals surface area (Å²) in [5.41, 5.74) is 1.12. The minimum absolute atomic E-state index is 0. The molecule has 1 aliphatic rings. The van der Waals surface area contributed by atoms with Gasteiger partial charge in [-0.05, 0) is 44.0 Å². The number of carbonyl (C=O) groups is 2. The van der Waals surface area contributed by atoms with Crippen LogP contribution in [0.2, 0.25) is 0 Å². The van der Waals surface area contributed by atoms with Gasteiger partial charge in [-0.3, -0.25) is 9.59 Å². The van der Waals surface area contributed by atoms with Crippen molar-refractivity contribution >= 4 is 24.2 Å². The van der Waals surface area contributed by atoms with Crippen LogP contribution in [0.4, 0.5) is 0 Å². The topological polar surface area (TPSA) is 79.5 Å². The first-order valence-corrected chi connectivity index (χ1v) is 8.52. The average Bonchev–Trinajstić information content (AvgIpc) is 3.38. The van der Waals surface area contributed by atoms with Crippen molar-refractivity contribution in [1.82, 2.24) is 16.0 Å². The van der Waals surface area contributed by atoms with E-state index in [1.54, 1.807) is 0 Å². The van der Waals surface area contributed by atoms with E-state index in [4.69, 9.17) is 4.74 Å². The van der Waals surface area contributed by atoms with Gasteiger partial charge in [0.1, 0.15) is 5.75 Å². The second kappa shape index (κ2) is 10.9. The monoisotopic (exact) mass is 369 g/mol. The Morgan fingerprint density at radius 2 is 1.92 bits per heavy atom. The third-order valence-electron chi connectivity index (χ3n) is 3.91.